The standard InChI is InChI=1S/C17H24N4O/c22-17(12-4-3-5-12)21-9-7-14-13(11-21)10-19-16(20-14)15-6-1-2-8-18-15/h10,12,15,18H,1-9,11H2. The van der Waals surface area contributed by atoms with Crippen molar-refractivity contribution in [2.75, 3.05) is 13.1 Å². The highest BCUT2D eigenvalue weighted by Crippen LogP contribution is 2.30. The van der Waals surface area contributed by atoms with Crippen molar-refractivity contribution in [3.63, 3.8) is 0 Å². The monoisotopic (exact) mass is 300 g/mol. The van der Waals surface area contributed by atoms with Gasteiger partial charge in [-0.25, -0.2) is 9.97 Å². The molecule has 4 rings (SSSR count). The van der Waals surface area contributed by atoms with Crippen molar-refractivity contribution >= 4 is 5.91 Å². The predicted octanol–water partition coefficient (Wildman–Crippen LogP) is 1.98. The molecule has 0 aromatic carbocycles. The number of hydrogen-bond donors (Lipinski definition) is 1. The number of amides is 1. The van der Waals surface area contributed by atoms with Gasteiger partial charge in [0.15, 0.2) is 0 Å². The van der Waals surface area contributed by atoms with Crippen molar-refractivity contribution in [3.05, 3.63) is 23.3 Å². The van der Waals surface area contributed by atoms with Gasteiger partial charge in [0.1, 0.15) is 5.82 Å². The van der Waals surface area contributed by atoms with Crippen LogP contribution in [0.5, 0.6) is 0 Å². The first-order valence-corrected chi connectivity index (χ1v) is 8.68. The van der Waals surface area contributed by atoms with Gasteiger partial charge in [-0.3, -0.25) is 4.79 Å². The summed E-state index contributed by atoms with van der Waals surface area (Å²) in [5.74, 6) is 1.57. The first-order chi connectivity index (χ1) is 10.8. The van der Waals surface area contributed by atoms with E-state index in [1.165, 1.54) is 19.3 Å². The van der Waals surface area contributed by atoms with Gasteiger partial charge < -0.3 is 10.2 Å². The lowest BCUT2D eigenvalue weighted by atomic mass is 9.84. The summed E-state index contributed by atoms with van der Waals surface area (Å²) < 4.78 is 0. The van der Waals surface area contributed by atoms with E-state index in [9.17, 15) is 4.79 Å². The molecule has 3 aliphatic rings. The van der Waals surface area contributed by atoms with Crippen molar-refractivity contribution in [1.82, 2.24) is 20.2 Å². The molecule has 1 aromatic heterocycles. The summed E-state index contributed by atoms with van der Waals surface area (Å²) in [6, 6.07) is 0.314. The van der Waals surface area contributed by atoms with Crippen LogP contribution in [0.2, 0.25) is 0 Å². The minimum Gasteiger partial charge on any atom is -0.338 e. The predicted molar refractivity (Wildman–Crippen MR) is 83.1 cm³/mol. The number of rotatable bonds is 2. The lowest BCUT2D eigenvalue weighted by Crippen LogP contribution is -2.42. The molecule has 1 unspecified atom stereocenters. The van der Waals surface area contributed by atoms with E-state index in [4.69, 9.17) is 4.98 Å². The number of nitrogens with zero attached hydrogens (tertiary/aromatic N) is 3. The van der Waals surface area contributed by atoms with Crippen LogP contribution in [0.4, 0.5) is 0 Å². The zero-order valence-corrected chi connectivity index (χ0v) is 13.1. The van der Waals surface area contributed by atoms with E-state index in [0.29, 0.717) is 18.5 Å². The number of piperidine rings is 1. The Morgan fingerprint density at radius 1 is 1.23 bits per heavy atom. The van der Waals surface area contributed by atoms with Crippen LogP contribution in [0, 0.1) is 5.92 Å². The summed E-state index contributed by atoms with van der Waals surface area (Å²) in [7, 11) is 0. The molecule has 0 spiro atoms. The summed E-state index contributed by atoms with van der Waals surface area (Å²) in [4.78, 5) is 23.8. The third-order valence-electron chi connectivity index (χ3n) is 5.34. The SMILES string of the molecule is O=C(C1CCC1)N1CCc2nc(C3CCCCN3)ncc2C1. The van der Waals surface area contributed by atoms with Gasteiger partial charge in [0.05, 0.1) is 11.7 Å². The van der Waals surface area contributed by atoms with Crippen LogP contribution in [-0.2, 0) is 17.8 Å². The van der Waals surface area contributed by atoms with Gasteiger partial charge in [0.25, 0.3) is 0 Å². The smallest absolute Gasteiger partial charge is 0.225 e. The van der Waals surface area contributed by atoms with Gasteiger partial charge in [-0.2, -0.15) is 0 Å². The molecule has 22 heavy (non-hydrogen) atoms. The fraction of sp³-hybridized carbons (Fsp3) is 0.706. The molecule has 5 nitrogen and oxygen atoms in total. The third-order valence-corrected chi connectivity index (χ3v) is 5.34. The number of aromatic nitrogens is 2. The topological polar surface area (TPSA) is 58.1 Å². The second-order valence-electron chi connectivity index (χ2n) is 6.84. The molecule has 1 atom stereocenters. The highest BCUT2D eigenvalue weighted by atomic mass is 16.2. The molecule has 2 aliphatic heterocycles. The lowest BCUT2D eigenvalue weighted by Gasteiger charge is -2.34. The Kier molecular flexibility index (Phi) is 3.82. The van der Waals surface area contributed by atoms with E-state index in [0.717, 1.165) is 55.9 Å². The molecule has 118 valence electrons. The van der Waals surface area contributed by atoms with Gasteiger partial charge >= 0.3 is 0 Å². The van der Waals surface area contributed by atoms with Crippen molar-refractivity contribution in [2.45, 2.75) is 57.5 Å². The average molecular weight is 300 g/mol. The molecular weight excluding hydrogens is 276 g/mol. The maximum atomic E-state index is 12.4. The Labute approximate surface area is 131 Å². The van der Waals surface area contributed by atoms with Crippen LogP contribution in [0.3, 0.4) is 0 Å². The number of nitrogens with one attached hydrogen (secondary N) is 1. The van der Waals surface area contributed by atoms with Gasteiger partial charge in [0, 0.05) is 37.2 Å². The van der Waals surface area contributed by atoms with Crippen LogP contribution in [-0.4, -0.2) is 33.9 Å². The minimum absolute atomic E-state index is 0.285. The first kappa shape index (κ1) is 14.1. The maximum absolute atomic E-state index is 12.4. The number of carbonyl (C=O) groups is 1. The number of hydrogen-bond acceptors (Lipinski definition) is 4. The Bertz CT molecular complexity index is 564. The average Bonchev–Trinajstić information content (AvgIpc) is 2.53. The van der Waals surface area contributed by atoms with Crippen LogP contribution < -0.4 is 5.32 Å². The summed E-state index contributed by atoms with van der Waals surface area (Å²) in [6.45, 7) is 2.58. The fourth-order valence-electron chi connectivity index (χ4n) is 3.67. The van der Waals surface area contributed by atoms with Crippen LogP contribution >= 0.6 is 0 Å². The fourth-order valence-corrected chi connectivity index (χ4v) is 3.67. The molecule has 0 radical (unpaired) electrons. The van der Waals surface area contributed by atoms with E-state index in [1.807, 2.05) is 11.1 Å². The lowest BCUT2D eigenvalue weighted by molar-refractivity contribution is -0.139. The van der Waals surface area contributed by atoms with Crippen molar-refractivity contribution < 1.29 is 4.79 Å². The molecule has 3 heterocycles. The molecule has 0 bridgehead atoms. The molecule has 1 aromatic rings. The second-order valence-corrected chi connectivity index (χ2v) is 6.84. The molecule has 1 saturated heterocycles. The Balaban J connectivity index is 1.47. The zero-order chi connectivity index (χ0) is 14.9. The summed E-state index contributed by atoms with van der Waals surface area (Å²) >= 11 is 0. The molecule has 1 saturated carbocycles. The van der Waals surface area contributed by atoms with Gasteiger partial charge in [-0.1, -0.05) is 12.8 Å². The Morgan fingerprint density at radius 2 is 2.14 bits per heavy atom. The highest BCUT2D eigenvalue weighted by Gasteiger charge is 2.31. The van der Waals surface area contributed by atoms with E-state index >= 15 is 0 Å². The van der Waals surface area contributed by atoms with Crippen LogP contribution in [0.1, 0.15) is 61.6 Å². The summed E-state index contributed by atoms with van der Waals surface area (Å²) in [5, 5.41) is 3.51. The second kappa shape index (κ2) is 5.95. The molecule has 1 aliphatic carbocycles. The highest BCUT2D eigenvalue weighted by molar-refractivity contribution is 5.79. The summed E-state index contributed by atoms with van der Waals surface area (Å²) in [5.41, 5.74) is 2.29. The van der Waals surface area contributed by atoms with E-state index in [1.54, 1.807) is 0 Å². The molecule has 5 heteroatoms. The molecule has 1 N–H and O–H groups in total. The Hall–Kier alpha value is -1.49. The first-order valence-electron chi connectivity index (χ1n) is 8.68. The molecule has 2 fully saturated rings. The van der Waals surface area contributed by atoms with Crippen LogP contribution in [0.15, 0.2) is 6.20 Å². The normalized spacial score (nSPS) is 25.5. The van der Waals surface area contributed by atoms with Crippen molar-refractivity contribution in [3.8, 4) is 0 Å². The zero-order valence-electron chi connectivity index (χ0n) is 13.1. The Morgan fingerprint density at radius 3 is 2.86 bits per heavy atom. The van der Waals surface area contributed by atoms with Crippen molar-refractivity contribution in [1.29, 1.82) is 0 Å². The van der Waals surface area contributed by atoms with Crippen molar-refractivity contribution in [2.24, 2.45) is 5.92 Å². The van der Waals surface area contributed by atoms with Gasteiger partial charge in [0.2, 0.25) is 5.91 Å². The molecule has 1 amide bonds. The van der Waals surface area contributed by atoms with Crippen LogP contribution in [0.25, 0.3) is 0 Å². The quantitative estimate of drug-likeness (QED) is 0.907. The minimum atomic E-state index is 0.285. The summed E-state index contributed by atoms with van der Waals surface area (Å²) in [6.07, 6.45) is 9.81. The van der Waals surface area contributed by atoms with E-state index in [2.05, 4.69) is 10.3 Å². The third kappa shape index (κ3) is 2.62. The van der Waals surface area contributed by atoms with Gasteiger partial charge in [-0.15, -0.1) is 0 Å². The number of carbonyl (C=O) groups excluding carboxylic acids is 1. The number of fused-ring (bicyclic) bond motifs is 1. The van der Waals surface area contributed by atoms with Gasteiger partial charge in [-0.05, 0) is 32.2 Å². The van der Waals surface area contributed by atoms with E-state index in [-0.39, 0.29) is 5.92 Å². The largest absolute Gasteiger partial charge is 0.338 e. The molecular formula is C17H24N4O. The van der Waals surface area contributed by atoms with E-state index < -0.39 is 0 Å². The maximum Gasteiger partial charge on any atom is 0.225 e.